The van der Waals surface area contributed by atoms with Crippen molar-refractivity contribution in [3.05, 3.63) is 41.2 Å². The molecule has 94 valence electrons. The average Bonchev–Trinajstić information content (AvgIpc) is 2.45. The van der Waals surface area contributed by atoms with Crippen molar-refractivity contribution in [2.75, 3.05) is 6.54 Å². The molecule has 0 unspecified atom stereocenters. The Labute approximate surface area is 109 Å². The van der Waals surface area contributed by atoms with Gasteiger partial charge in [0.05, 0.1) is 0 Å². The van der Waals surface area contributed by atoms with E-state index >= 15 is 0 Å². The minimum absolute atomic E-state index is 0.490. The van der Waals surface area contributed by atoms with Crippen molar-refractivity contribution < 1.29 is 0 Å². The van der Waals surface area contributed by atoms with Crippen molar-refractivity contribution in [1.82, 2.24) is 10.3 Å². The highest BCUT2D eigenvalue weighted by Crippen LogP contribution is 2.19. The molecule has 0 radical (unpaired) electrons. The Balaban J connectivity index is 1.71. The molecule has 18 heavy (non-hydrogen) atoms. The van der Waals surface area contributed by atoms with E-state index in [0.29, 0.717) is 5.69 Å². The summed E-state index contributed by atoms with van der Waals surface area (Å²) >= 11 is 0. The van der Waals surface area contributed by atoms with Crippen molar-refractivity contribution in [1.29, 1.82) is 5.26 Å². The van der Waals surface area contributed by atoms with Crippen molar-refractivity contribution >= 4 is 0 Å². The van der Waals surface area contributed by atoms with Crippen LogP contribution in [-0.4, -0.2) is 11.5 Å². The van der Waals surface area contributed by atoms with E-state index in [1.54, 1.807) is 11.8 Å². The van der Waals surface area contributed by atoms with Crippen LogP contribution < -0.4 is 5.32 Å². The van der Waals surface area contributed by atoms with Gasteiger partial charge in [0.25, 0.3) is 0 Å². The van der Waals surface area contributed by atoms with Gasteiger partial charge in [0.2, 0.25) is 0 Å². The fraction of sp³-hybridized carbons (Fsp3) is 0.467. The lowest BCUT2D eigenvalue weighted by Gasteiger charge is -2.12. The van der Waals surface area contributed by atoms with Crippen LogP contribution in [0.3, 0.4) is 0 Å². The Bertz CT molecular complexity index is 457. The maximum Gasteiger partial charge on any atom is 0.140 e. The Morgan fingerprint density at radius 2 is 2.33 bits per heavy atom. The van der Waals surface area contributed by atoms with Crippen molar-refractivity contribution in [2.45, 2.75) is 38.6 Å². The summed E-state index contributed by atoms with van der Waals surface area (Å²) in [4.78, 5) is 3.96. The zero-order valence-electron chi connectivity index (χ0n) is 10.7. The maximum atomic E-state index is 8.76. The SMILES string of the molecule is N#Cc1cc(CNCCC2=CCCCC2)ccn1. The van der Waals surface area contributed by atoms with Crippen LogP contribution >= 0.6 is 0 Å². The molecule has 0 aliphatic heterocycles. The van der Waals surface area contributed by atoms with Crippen LogP contribution in [0.2, 0.25) is 0 Å². The lowest BCUT2D eigenvalue weighted by molar-refractivity contribution is 0.632. The van der Waals surface area contributed by atoms with E-state index < -0.39 is 0 Å². The first kappa shape index (κ1) is 12.8. The lowest BCUT2D eigenvalue weighted by atomic mass is 9.97. The van der Waals surface area contributed by atoms with Gasteiger partial charge in [-0.25, -0.2) is 4.98 Å². The molecule has 0 atom stereocenters. The van der Waals surface area contributed by atoms with Gasteiger partial charge in [0.1, 0.15) is 11.8 Å². The molecule has 1 aromatic rings. The van der Waals surface area contributed by atoms with E-state index in [9.17, 15) is 0 Å². The standard InChI is InChI=1S/C15H19N3/c16-11-15-10-14(7-9-18-15)12-17-8-6-13-4-2-1-3-5-13/h4,7,9-10,17H,1-3,5-6,8,12H2. The molecule has 0 saturated heterocycles. The Kier molecular flexibility index (Phi) is 4.92. The highest BCUT2D eigenvalue weighted by atomic mass is 14.8. The molecule has 3 nitrogen and oxygen atoms in total. The number of pyridine rings is 1. The molecule has 1 aromatic heterocycles. The average molecular weight is 241 g/mol. The molecule has 0 fully saturated rings. The molecule has 2 rings (SSSR count). The highest BCUT2D eigenvalue weighted by molar-refractivity contribution is 5.25. The molecule has 0 saturated carbocycles. The van der Waals surface area contributed by atoms with E-state index in [2.05, 4.69) is 22.4 Å². The number of aromatic nitrogens is 1. The van der Waals surface area contributed by atoms with E-state index in [0.717, 1.165) is 25.1 Å². The van der Waals surface area contributed by atoms with Crippen molar-refractivity contribution in [3.63, 3.8) is 0 Å². The topological polar surface area (TPSA) is 48.7 Å². The van der Waals surface area contributed by atoms with Crippen LogP contribution in [0.25, 0.3) is 0 Å². The van der Waals surface area contributed by atoms with E-state index in [1.807, 2.05) is 12.1 Å². The van der Waals surface area contributed by atoms with Crippen LogP contribution in [0.5, 0.6) is 0 Å². The van der Waals surface area contributed by atoms with Crippen LogP contribution in [0.4, 0.5) is 0 Å². The first-order valence-corrected chi connectivity index (χ1v) is 6.62. The number of allylic oxidation sites excluding steroid dienone is 1. The number of nitrogens with zero attached hydrogens (tertiary/aromatic N) is 2. The second-order valence-corrected chi connectivity index (χ2v) is 4.70. The van der Waals surface area contributed by atoms with Crippen LogP contribution in [-0.2, 0) is 6.54 Å². The fourth-order valence-electron chi connectivity index (χ4n) is 2.26. The van der Waals surface area contributed by atoms with Gasteiger partial charge in [0, 0.05) is 12.7 Å². The summed E-state index contributed by atoms with van der Waals surface area (Å²) in [5, 5.41) is 12.2. The third-order valence-electron chi connectivity index (χ3n) is 3.28. The predicted octanol–water partition coefficient (Wildman–Crippen LogP) is 2.93. The first-order valence-electron chi connectivity index (χ1n) is 6.62. The molecule has 1 N–H and O–H groups in total. The van der Waals surface area contributed by atoms with Gasteiger partial charge in [-0.15, -0.1) is 0 Å². The molecule has 3 heteroatoms. The lowest BCUT2D eigenvalue weighted by Crippen LogP contribution is -2.15. The zero-order valence-corrected chi connectivity index (χ0v) is 10.7. The molecule has 0 bridgehead atoms. The van der Waals surface area contributed by atoms with Gasteiger partial charge in [0.15, 0.2) is 0 Å². The molecule has 1 aliphatic rings. The first-order chi connectivity index (χ1) is 8.88. The second-order valence-electron chi connectivity index (χ2n) is 4.70. The van der Waals surface area contributed by atoms with Crippen LogP contribution in [0.1, 0.15) is 43.4 Å². The normalized spacial score (nSPS) is 14.9. The van der Waals surface area contributed by atoms with Crippen molar-refractivity contribution in [2.24, 2.45) is 0 Å². The quantitative estimate of drug-likeness (QED) is 0.637. The minimum Gasteiger partial charge on any atom is -0.312 e. The zero-order chi connectivity index (χ0) is 12.6. The molecule has 0 spiro atoms. The summed E-state index contributed by atoms with van der Waals surface area (Å²) in [5.41, 5.74) is 3.21. The number of hydrogen-bond acceptors (Lipinski definition) is 3. The Morgan fingerprint density at radius 3 is 3.11 bits per heavy atom. The number of hydrogen-bond donors (Lipinski definition) is 1. The Hall–Kier alpha value is -1.66. The third-order valence-corrected chi connectivity index (χ3v) is 3.28. The summed E-state index contributed by atoms with van der Waals surface area (Å²) in [6, 6.07) is 5.85. The predicted molar refractivity (Wildman–Crippen MR) is 71.8 cm³/mol. The maximum absolute atomic E-state index is 8.76. The molecule has 0 amide bonds. The summed E-state index contributed by atoms with van der Waals surface area (Å²) < 4.78 is 0. The van der Waals surface area contributed by atoms with E-state index in [4.69, 9.17) is 5.26 Å². The van der Waals surface area contributed by atoms with Crippen molar-refractivity contribution in [3.8, 4) is 6.07 Å². The molecule has 0 aromatic carbocycles. The second kappa shape index (κ2) is 6.93. The largest absolute Gasteiger partial charge is 0.312 e. The molecule has 1 aliphatic carbocycles. The molecule has 1 heterocycles. The smallest absolute Gasteiger partial charge is 0.140 e. The van der Waals surface area contributed by atoms with Gasteiger partial charge >= 0.3 is 0 Å². The van der Waals surface area contributed by atoms with E-state index in [-0.39, 0.29) is 0 Å². The van der Waals surface area contributed by atoms with Gasteiger partial charge in [-0.1, -0.05) is 11.6 Å². The summed E-state index contributed by atoms with van der Waals surface area (Å²) in [6.45, 7) is 1.82. The number of nitrogens with one attached hydrogen (secondary N) is 1. The van der Waals surface area contributed by atoms with Crippen LogP contribution in [0.15, 0.2) is 30.0 Å². The van der Waals surface area contributed by atoms with E-state index in [1.165, 1.54) is 25.7 Å². The monoisotopic (exact) mass is 241 g/mol. The van der Waals surface area contributed by atoms with Gasteiger partial charge in [-0.05, 0) is 56.3 Å². The molecular weight excluding hydrogens is 222 g/mol. The summed E-state index contributed by atoms with van der Waals surface area (Å²) in [5.74, 6) is 0. The van der Waals surface area contributed by atoms with Gasteiger partial charge in [-0.3, -0.25) is 0 Å². The van der Waals surface area contributed by atoms with Gasteiger partial charge < -0.3 is 5.32 Å². The fourth-order valence-corrected chi connectivity index (χ4v) is 2.26. The van der Waals surface area contributed by atoms with Crippen LogP contribution in [0, 0.1) is 11.3 Å². The number of nitriles is 1. The van der Waals surface area contributed by atoms with Gasteiger partial charge in [-0.2, -0.15) is 5.26 Å². The third kappa shape index (κ3) is 3.97. The summed E-state index contributed by atoms with van der Waals surface area (Å²) in [7, 11) is 0. The number of rotatable bonds is 5. The molecular formula is C15H19N3. The minimum atomic E-state index is 0.490. The summed E-state index contributed by atoms with van der Waals surface area (Å²) in [6.07, 6.45) is 10.5. The Morgan fingerprint density at radius 1 is 1.39 bits per heavy atom. The highest BCUT2D eigenvalue weighted by Gasteiger charge is 2.03.